The van der Waals surface area contributed by atoms with Crippen molar-refractivity contribution in [3.05, 3.63) is 41.7 Å². The van der Waals surface area contributed by atoms with Gasteiger partial charge in [-0.25, -0.2) is 14.6 Å². The molecule has 0 radical (unpaired) electrons. The van der Waals surface area contributed by atoms with Crippen molar-refractivity contribution < 1.29 is 0 Å². The molecule has 0 fully saturated rings. The van der Waals surface area contributed by atoms with E-state index in [-0.39, 0.29) is 0 Å². The number of benzene rings is 1. The lowest BCUT2D eigenvalue weighted by molar-refractivity contribution is 0.871. The van der Waals surface area contributed by atoms with Crippen molar-refractivity contribution in [3.63, 3.8) is 0 Å². The van der Waals surface area contributed by atoms with E-state index in [2.05, 4.69) is 29.0 Å². The predicted octanol–water partition coefficient (Wildman–Crippen LogP) is -2.72. The van der Waals surface area contributed by atoms with Crippen molar-refractivity contribution in [1.82, 2.24) is 19.7 Å². The summed E-state index contributed by atoms with van der Waals surface area (Å²) in [7, 11) is 6.06. The Balaban J connectivity index is 2.12. The lowest BCUT2D eigenvalue weighted by Crippen LogP contribution is -2.35. The number of hydrogen-bond donors (Lipinski definition) is 0. The molecule has 108 valence electrons. The Morgan fingerprint density at radius 3 is 2.52 bits per heavy atom. The number of aromatic nitrogens is 4. The van der Waals surface area contributed by atoms with Gasteiger partial charge >= 0.3 is 0 Å². The van der Waals surface area contributed by atoms with E-state index in [9.17, 15) is 0 Å². The summed E-state index contributed by atoms with van der Waals surface area (Å²) in [5, 5.41) is 13.7. The van der Waals surface area contributed by atoms with Crippen LogP contribution in [0.2, 0.25) is 0 Å². The molecule has 0 aliphatic heterocycles. The molecule has 0 atom stereocenters. The zero-order chi connectivity index (χ0) is 16.6. The highest BCUT2D eigenvalue weighted by Crippen LogP contribution is 2.21. The van der Waals surface area contributed by atoms with E-state index in [1.165, 1.54) is 6.33 Å². The van der Waals surface area contributed by atoms with Crippen LogP contribution in [0.25, 0.3) is 17.1 Å². The Hall–Kier alpha value is -2.81. The molecule has 3 rings (SSSR count). The van der Waals surface area contributed by atoms with E-state index in [0.29, 0.717) is 5.56 Å². The monoisotopic (exact) mass is 297 g/mol. The van der Waals surface area contributed by atoms with Crippen LogP contribution in [0, 0.1) is 18.3 Å². The maximum atomic E-state index is 9.14. The first kappa shape index (κ1) is 15.1. The highest BCUT2D eigenvalue weighted by Gasteiger charge is 2.11. The molecule has 1 aromatic carbocycles. The molecule has 0 saturated carbocycles. The molecule has 23 heavy (non-hydrogen) atoms. The van der Waals surface area contributed by atoms with Gasteiger partial charge < -0.3 is 0 Å². The summed E-state index contributed by atoms with van der Waals surface area (Å²) < 4.78 is 1.83. The zero-order valence-corrected chi connectivity index (χ0v) is 13.6. The van der Waals surface area contributed by atoms with E-state index in [4.69, 9.17) is 5.26 Å². The van der Waals surface area contributed by atoms with Crippen LogP contribution in [0.4, 0.5) is 0 Å². The Morgan fingerprint density at radius 2 is 1.87 bits per heavy atom. The first-order valence-corrected chi connectivity index (χ1v) is 7.37. The Morgan fingerprint density at radius 1 is 1.09 bits per heavy atom. The molecular weight excluding hydrogens is 283 g/mol. The Bertz CT molecular complexity index is 943. The minimum Gasteiger partial charge on any atom is -0.236 e. The quantitative estimate of drug-likeness (QED) is 0.482. The predicted molar refractivity (Wildman–Crippen MR) is 98.6 cm³/mol. The average molecular weight is 297 g/mol. The fraction of sp³-hybridized carbons (Fsp3) is 0.0667. The van der Waals surface area contributed by atoms with Crippen molar-refractivity contribution in [3.8, 4) is 23.1 Å². The van der Waals surface area contributed by atoms with Gasteiger partial charge in [0.25, 0.3) is 0 Å². The second-order valence-electron chi connectivity index (χ2n) is 5.67. The third kappa shape index (κ3) is 2.78. The van der Waals surface area contributed by atoms with Gasteiger partial charge in [0.05, 0.1) is 17.3 Å². The lowest BCUT2D eigenvalue weighted by Gasteiger charge is -2.07. The van der Waals surface area contributed by atoms with Gasteiger partial charge in [0.15, 0.2) is 21.5 Å². The minimum atomic E-state index is 0.627. The van der Waals surface area contributed by atoms with Crippen LogP contribution in [0.1, 0.15) is 11.1 Å². The summed E-state index contributed by atoms with van der Waals surface area (Å²) in [5.74, 6) is 0.726. The van der Waals surface area contributed by atoms with Crippen molar-refractivity contribution in [1.29, 1.82) is 5.26 Å². The van der Waals surface area contributed by atoms with Crippen LogP contribution >= 0.6 is 0 Å². The number of nitrogens with zero attached hydrogens (tertiary/aromatic N) is 5. The van der Waals surface area contributed by atoms with Gasteiger partial charge in [-0.1, -0.05) is 5.46 Å². The molecule has 0 amide bonds. The SMILES string of the molecule is Bc1nn(-c2cc(-c3cc(C)cc(C#N)c3)ncn2)c(B)c1B. The maximum Gasteiger partial charge on any atom is 0.165 e. The molecule has 0 N–H and O–H groups in total. The van der Waals surface area contributed by atoms with Gasteiger partial charge in [0, 0.05) is 17.2 Å². The van der Waals surface area contributed by atoms with Crippen LogP contribution in [-0.4, -0.2) is 43.3 Å². The van der Waals surface area contributed by atoms with Gasteiger partial charge in [-0.2, -0.15) is 10.4 Å². The summed E-state index contributed by atoms with van der Waals surface area (Å²) in [6.07, 6.45) is 1.53. The van der Waals surface area contributed by atoms with Gasteiger partial charge in [0.2, 0.25) is 0 Å². The number of hydrogen-bond acceptors (Lipinski definition) is 4. The van der Waals surface area contributed by atoms with Gasteiger partial charge in [0.1, 0.15) is 14.2 Å². The molecular formula is C15H14B3N5. The maximum absolute atomic E-state index is 9.14. The molecule has 2 aromatic heterocycles. The first-order chi connectivity index (χ1) is 11.0. The van der Waals surface area contributed by atoms with Crippen LogP contribution in [0.5, 0.6) is 0 Å². The molecule has 2 heterocycles. The molecule has 5 nitrogen and oxygen atoms in total. The van der Waals surface area contributed by atoms with Crippen molar-refractivity contribution in [2.45, 2.75) is 6.92 Å². The molecule has 0 unspecified atom stereocenters. The van der Waals surface area contributed by atoms with Gasteiger partial charge in [-0.15, -0.1) is 0 Å². The molecule has 3 aromatic rings. The number of rotatable bonds is 2. The van der Waals surface area contributed by atoms with Gasteiger partial charge in [-0.05, 0) is 36.3 Å². The minimum absolute atomic E-state index is 0.627. The molecule has 8 heteroatoms. The molecule has 0 bridgehead atoms. The van der Waals surface area contributed by atoms with Crippen LogP contribution < -0.4 is 16.6 Å². The highest BCUT2D eigenvalue weighted by atomic mass is 15.3. The third-order valence-electron chi connectivity index (χ3n) is 4.02. The van der Waals surface area contributed by atoms with E-state index in [1.54, 1.807) is 0 Å². The van der Waals surface area contributed by atoms with E-state index >= 15 is 0 Å². The molecule has 0 aliphatic carbocycles. The second kappa shape index (κ2) is 5.77. The number of aryl methyl sites for hydroxylation is 1. The van der Waals surface area contributed by atoms with E-state index in [0.717, 1.165) is 39.3 Å². The summed E-state index contributed by atoms with van der Waals surface area (Å²) in [5.41, 5.74) is 6.55. The Labute approximate surface area is 137 Å². The van der Waals surface area contributed by atoms with Crippen molar-refractivity contribution >= 4 is 40.2 Å². The van der Waals surface area contributed by atoms with E-state index in [1.807, 2.05) is 51.6 Å². The normalized spacial score (nSPS) is 10.4. The summed E-state index contributed by atoms with van der Waals surface area (Å²) in [6, 6.07) is 9.79. The summed E-state index contributed by atoms with van der Waals surface area (Å²) >= 11 is 0. The van der Waals surface area contributed by atoms with Crippen molar-refractivity contribution in [2.24, 2.45) is 0 Å². The summed E-state index contributed by atoms with van der Waals surface area (Å²) in [4.78, 5) is 8.69. The fourth-order valence-corrected chi connectivity index (χ4v) is 2.56. The lowest BCUT2D eigenvalue weighted by atomic mass is 9.80. The Kier molecular flexibility index (Phi) is 3.79. The smallest absolute Gasteiger partial charge is 0.165 e. The third-order valence-corrected chi connectivity index (χ3v) is 4.02. The van der Waals surface area contributed by atoms with Crippen LogP contribution in [0.15, 0.2) is 30.6 Å². The van der Waals surface area contributed by atoms with Crippen LogP contribution in [0.3, 0.4) is 0 Å². The molecule has 0 saturated heterocycles. The summed E-state index contributed by atoms with van der Waals surface area (Å²) in [6.45, 7) is 1.97. The fourth-order valence-electron chi connectivity index (χ4n) is 2.56. The first-order valence-electron chi connectivity index (χ1n) is 7.37. The van der Waals surface area contributed by atoms with E-state index < -0.39 is 0 Å². The topological polar surface area (TPSA) is 67.4 Å². The molecule has 0 spiro atoms. The van der Waals surface area contributed by atoms with Crippen molar-refractivity contribution in [2.75, 3.05) is 0 Å². The van der Waals surface area contributed by atoms with Crippen LogP contribution in [-0.2, 0) is 0 Å². The molecule has 0 aliphatic rings. The average Bonchev–Trinajstić information content (AvgIpc) is 2.82. The second-order valence-corrected chi connectivity index (χ2v) is 5.67. The zero-order valence-electron chi connectivity index (χ0n) is 13.6. The standard InChI is InChI=1S/C15H14B3N5/c1-8-2-9(6-19)4-10(3-8)11-5-12(21-7-20-11)23-15(18)13(16)14(17)22-23/h2-5,7H,16-18H2,1H3. The highest BCUT2D eigenvalue weighted by molar-refractivity contribution is 6.56. The largest absolute Gasteiger partial charge is 0.236 e. The number of nitriles is 1. The van der Waals surface area contributed by atoms with Gasteiger partial charge in [-0.3, -0.25) is 0 Å².